The van der Waals surface area contributed by atoms with Gasteiger partial charge in [0.25, 0.3) is 0 Å². The van der Waals surface area contributed by atoms with Crippen molar-refractivity contribution in [2.75, 3.05) is 0 Å². The van der Waals surface area contributed by atoms with Crippen molar-refractivity contribution in [2.45, 2.75) is 32.6 Å². The summed E-state index contributed by atoms with van der Waals surface area (Å²) in [6, 6.07) is 8.57. The topological polar surface area (TPSA) is 54.5 Å². The van der Waals surface area contributed by atoms with E-state index in [1.54, 1.807) is 0 Å². The zero-order chi connectivity index (χ0) is 11.6. The smallest absolute Gasteiger partial charge is 0.177 e. The van der Waals surface area contributed by atoms with Crippen molar-refractivity contribution in [1.29, 1.82) is 0 Å². The Hall–Kier alpha value is -1.71. The fraction of sp³-hybridized carbons (Fsp3) is 0.417. The average molecular weight is 216 g/mol. The molecule has 0 amide bonds. The van der Waals surface area contributed by atoms with Crippen LogP contribution in [0.4, 0.5) is 0 Å². The van der Waals surface area contributed by atoms with E-state index in [-0.39, 0.29) is 5.41 Å². The van der Waals surface area contributed by atoms with Crippen molar-refractivity contribution in [3.8, 4) is 0 Å². The molecule has 2 aromatic rings. The van der Waals surface area contributed by atoms with Crippen LogP contribution in [0.25, 0.3) is 0 Å². The standard InChI is InChI=1S/C12H16N4/c1-12(2,3)10-6-4-9(5-7-10)8-11-13-15-16-14-11/h4-7H,8H2,1-3H3,(H,13,14,15,16). The molecule has 0 saturated heterocycles. The van der Waals surface area contributed by atoms with Gasteiger partial charge in [-0.25, -0.2) is 0 Å². The van der Waals surface area contributed by atoms with E-state index in [1.165, 1.54) is 11.1 Å². The Balaban J connectivity index is 2.14. The highest BCUT2D eigenvalue weighted by atomic mass is 15.5. The number of aromatic nitrogens is 4. The van der Waals surface area contributed by atoms with Crippen LogP contribution in [-0.2, 0) is 11.8 Å². The van der Waals surface area contributed by atoms with Gasteiger partial charge in [-0.05, 0) is 16.5 Å². The molecule has 0 bridgehead atoms. The van der Waals surface area contributed by atoms with E-state index >= 15 is 0 Å². The maximum atomic E-state index is 3.94. The van der Waals surface area contributed by atoms with E-state index in [1.807, 2.05) is 0 Å². The number of nitrogens with zero attached hydrogens (tertiary/aromatic N) is 3. The molecule has 1 heterocycles. The first-order chi connectivity index (χ1) is 7.55. The van der Waals surface area contributed by atoms with Gasteiger partial charge in [-0.1, -0.05) is 50.3 Å². The molecule has 84 valence electrons. The molecule has 0 unspecified atom stereocenters. The second-order valence-corrected chi connectivity index (χ2v) is 4.95. The van der Waals surface area contributed by atoms with Crippen LogP contribution in [0, 0.1) is 0 Å². The summed E-state index contributed by atoms with van der Waals surface area (Å²) in [6.45, 7) is 6.63. The van der Waals surface area contributed by atoms with Crippen LogP contribution in [0.1, 0.15) is 37.7 Å². The number of tetrazole rings is 1. The maximum Gasteiger partial charge on any atom is 0.178 e. The molecular weight excluding hydrogens is 200 g/mol. The molecule has 0 atom stereocenters. The minimum atomic E-state index is 0.199. The summed E-state index contributed by atoms with van der Waals surface area (Å²) in [6.07, 6.45) is 0.723. The normalized spacial score (nSPS) is 11.7. The van der Waals surface area contributed by atoms with Gasteiger partial charge in [0.05, 0.1) is 0 Å². The van der Waals surface area contributed by atoms with Gasteiger partial charge in [0.1, 0.15) is 0 Å². The van der Waals surface area contributed by atoms with Gasteiger partial charge in [-0.2, -0.15) is 5.21 Å². The van der Waals surface area contributed by atoms with Crippen molar-refractivity contribution >= 4 is 0 Å². The summed E-state index contributed by atoms with van der Waals surface area (Å²) in [4.78, 5) is 0. The number of rotatable bonds is 2. The molecule has 1 aromatic heterocycles. The average Bonchev–Trinajstić information content (AvgIpc) is 2.70. The minimum absolute atomic E-state index is 0.199. The monoisotopic (exact) mass is 216 g/mol. The van der Waals surface area contributed by atoms with Gasteiger partial charge >= 0.3 is 0 Å². The lowest BCUT2D eigenvalue weighted by atomic mass is 9.86. The number of hydrogen-bond acceptors (Lipinski definition) is 3. The lowest BCUT2D eigenvalue weighted by Gasteiger charge is -2.18. The third-order valence-corrected chi connectivity index (χ3v) is 2.57. The van der Waals surface area contributed by atoms with Crippen LogP contribution in [0.15, 0.2) is 24.3 Å². The zero-order valence-corrected chi connectivity index (χ0v) is 9.86. The first-order valence-electron chi connectivity index (χ1n) is 5.37. The molecule has 0 aliphatic heterocycles. The van der Waals surface area contributed by atoms with Gasteiger partial charge in [0.2, 0.25) is 0 Å². The second kappa shape index (κ2) is 4.04. The summed E-state index contributed by atoms with van der Waals surface area (Å²) in [5.74, 6) is 0.725. The van der Waals surface area contributed by atoms with E-state index < -0.39 is 0 Å². The number of benzene rings is 1. The Morgan fingerprint density at radius 3 is 2.31 bits per heavy atom. The molecule has 0 spiro atoms. The highest BCUT2D eigenvalue weighted by Gasteiger charge is 2.12. The van der Waals surface area contributed by atoms with Crippen LogP contribution in [-0.4, -0.2) is 20.6 Å². The third kappa shape index (κ3) is 2.45. The predicted octanol–water partition coefficient (Wildman–Crippen LogP) is 2.09. The number of aromatic amines is 1. The fourth-order valence-corrected chi connectivity index (χ4v) is 1.56. The Morgan fingerprint density at radius 2 is 1.81 bits per heavy atom. The summed E-state index contributed by atoms with van der Waals surface area (Å²) < 4.78 is 0. The van der Waals surface area contributed by atoms with Crippen LogP contribution >= 0.6 is 0 Å². The first-order valence-corrected chi connectivity index (χ1v) is 5.37. The molecule has 2 rings (SSSR count). The third-order valence-electron chi connectivity index (χ3n) is 2.57. The summed E-state index contributed by atoms with van der Waals surface area (Å²) in [7, 11) is 0. The lowest BCUT2D eigenvalue weighted by molar-refractivity contribution is 0.590. The number of H-pyrrole nitrogens is 1. The highest BCUT2D eigenvalue weighted by molar-refractivity contribution is 5.28. The fourth-order valence-electron chi connectivity index (χ4n) is 1.56. The van der Waals surface area contributed by atoms with Gasteiger partial charge < -0.3 is 0 Å². The number of hydrogen-bond donors (Lipinski definition) is 1. The van der Waals surface area contributed by atoms with E-state index in [9.17, 15) is 0 Å². The van der Waals surface area contributed by atoms with Crippen LogP contribution in [0.5, 0.6) is 0 Å². The molecule has 16 heavy (non-hydrogen) atoms. The van der Waals surface area contributed by atoms with Crippen molar-refractivity contribution in [3.05, 3.63) is 41.2 Å². The van der Waals surface area contributed by atoms with E-state index in [4.69, 9.17) is 0 Å². The van der Waals surface area contributed by atoms with Crippen LogP contribution < -0.4 is 0 Å². The van der Waals surface area contributed by atoms with E-state index in [0.717, 1.165) is 12.2 Å². The van der Waals surface area contributed by atoms with E-state index in [0.29, 0.717) is 0 Å². The molecule has 4 nitrogen and oxygen atoms in total. The molecular formula is C12H16N4. The van der Waals surface area contributed by atoms with Crippen molar-refractivity contribution < 1.29 is 0 Å². The van der Waals surface area contributed by atoms with Gasteiger partial charge in [-0.3, -0.25) is 0 Å². The minimum Gasteiger partial charge on any atom is -0.177 e. The molecule has 4 heteroatoms. The first kappa shape index (κ1) is 10.8. The highest BCUT2D eigenvalue weighted by Crippen LogP contribution is 2.22. The Kier molecular flexibility index (Phi) is 2.73. The van der Waals surface area contributed by atoms with E-state index in [2.05, 4.69) is 65.7 Å². The SMILES string of the molecule is CC(C)(C)c1ccc(Cc2nn[nH]n2)cc1. The van der Waals surface area contributed by atoms with Crippen molar-refractivity contribution in [3.63, 3.8) is 0 Å². The summed E-state index contributed by atoms with van der Waals surface area (Å²) >= 11 is 0. The Bertz CT molecular complexity index is 437. The second-order valence-electron chi connectivity index (χ2n) is 4.95. The van der Waals surface area contributed by atoms with Crippen molar-refractivity contribution in [2.24, 2.45) is 0 Å². The molecule has 1 N–H and O–H groups in total. The van der Waals surface area contributed by atoms with Crippen LogP contribution in [0.3, 0.4) is 0 Å². The van der Waals surface area contributed by atoms with Crippen LogP contribution in [0.2, 0.25) is 0 Å². The zero-order valence-electron chi connectivity index (χ0n) is 9.86. The molecule has 0 aliphatic rings. The Labute approximate surface area is 95.1 Å². The van der Waals surface area contributed by atoms with Gasteiger partial charge in [0, 0.05) is 6.42 Å². The summed E-state index contributed by atoms with van der Waals surface area (Å²) in [5.41, 5.74) is 2.74. The largest absolute Gasteiger partial charge is 0.178 e. The molecule has 1 aromatic carbocycles. The quantitative estimate of drug-likeness (QED) is 0.836. The molecule has 0 saturated carbocycles. The lowest BCUT2D eigenvalue weighted by Crippen LogP contribution is -2.10. The molecule has 0 fully saturated rings. The van der Waals surface area contributed by atoms with Gasteiger partial charge in [-0.15, -0.1) is 10.2 Å². The molecule has 0 radical (unpaired) electrons. The predicted molar refractivity (Wildman–Crippen MR) is 62.1 cm³/mol. The number of nitrogens with one attached hydrogen (secondary N) is 1. The van der Waals surface area contributed by atoms with Crippen molar-refractivity contribution in [1.82, 2.24) is 20.6 Å². The van der Waals surface area contributed by atoms with Gasteiger partial charge in [0.15, 0.2) is 5.82 Å². The Morgan fingerprint density at radius 1 is 1.12 bits per heavy atom. The molecule has 0 aliphatic carbocycles. The maximum absolute atomic E-state index is 3.94. The summed E-state index contributed by atoms with van der Waals surface area (Å²) in [5, 5.41) is 13.9.